The Labute approximate surface area is 167 Å². The molecule has 2 heterocycles. The molecule has 3 aromatic rings. The number of hydrogen-bond acceptors (Lipinski definition) is 4. The highest BCUT2D eigenvalue weighted by Crippen LogP contribution is 2.43. The Morgan fingerprint density at radius 3 is 2.48 bits per heavy atom. The smallest absolute Gasteiger partial charge is 0.277 e. The van der Waals surface area contributed by atoms with Crippen LogP contribution in [0.1, 0.15) is 36.3 Å². The van der Waals surface area contributed by atoms with Gasteiger partial charge in [0.25, 0.3) is 5.56 Å². The number of methoxy groups -OCH3 is 1. The van der Waals surface area contributed by atoms with Crippen molar-refractivity contribution in [1.29, 1.82) is 0 Å². The van der Waals surface area contributed by atoms with E-state index in [1.165, 1.54) is 4.68 Å². The van der Waals surface area contributed by atoms with Gasteiger partial charge in [0.1, 0.15) is 11.6 Å². The Morgan fingerprint density at radius 1 is 1.00 bits per heavy atom. The summed E-state index contributed by atoms with van der Waals surface area (Å²) >= 11 is 0. The highest BCUT2D eigenvalue weighted by molar-refractivity contribution is 6.00. The summed E-state index contributed by atoms with van der Waals surface area (Å²) in [5, 5.41) is 6.55. The van der Waals surface area contributed by atoms with Gasteiger partial charge in [-0.2, -0.15) is 0 Å². The van der Waals surface area contributed by atoms with Crippen molar-refractivity contribution in [3.8, 4) is 11.4 Å². The highest BCUT2D eigenvalue weighted by atomic mass is 16.5. The minimum absolute atomic E-state index is 0.108. The summed E-state index contributed by atoms with van der Waals surface area (Å²) in [5.74, 6) is 1.11. The van der Waals surface area contributed by atoms with E-state index in [-0.39, 0.29) is 11.3 Å². The molecule has 2 aliphatic rings. The number of hydrogen-bond donors (Lipinski definition) is 2. The fraction of sp³-hybridized carbons (Fsp3) is 0.217. The summed E-state index contributed by atoms with van der Waals surface area (Å²) in [7, 11) is 1.62. The Balaban J connectivity index is 1.72. The number of nitrogens with zero attached hydrogens (tertiary/aromatic N) is 1. The number of benzene rings is 2. The summed E-state index contributed by atoms with van der Waals surface area (Å²) in [5.41, 5.74) is 3.72. The molecule has 1 aliphatic carbocycles. The van der Waals surface area contributed by atoms with Crippen LogP contribution < -0.4 is 15.6 Å². The van der Waals surface area contributed by atoms with E-state index in [2.05, 4.69) is 10.4 Å². The fourth-order valence-electron chi connectivity index (χ4n) is 4.33. The Kier molecular flexibility index (Phi) is 4.12. The molecule has 1 atom stereocenters. The van der Waals surface area contributed by atoms with Gasteiger partial charge in [-0.05, 0) is 42.7 Å². The number of rotatable bonds is 3. The van der Waals surface area contributed by atoms with E-state index in [0.717, 1.165) is 35.5 Å². The van der Waals surface area contributed by atoms with Crippen LogP contribution in [-0.2, 0) is 4.79 Å². The first-order valence-electron chi connectivity index (χ1n) is 9.75. The molecule has 0 fully saturated rings. The molecule has 0 bridgehead atoms. The topological polar surface area (TPSA) is 76.1 Å². The summed E-state index contributed by atoms with van der Waals surface area (Å²) in [6.45, 7) is 0. The molecule has 0 saturated heterocycles. The molecule has 0 unspecified atom stereocenters. The lowest BCUT2D eigenvalue weighted by atomic mass is 9.77. The zero-order chi connectivity index (χ0) is 20.0. The average Bonchev–Trinajstić information content (AvgIpc) is 3.09. The van der Waals surface area contributed by atoms with Crippen LogP contribution >= 0.6 is 0 Å². The Morgan fingerprint density at radius 2 is 1.76 bits per heavy atom. The first kappa shape index (κ1) is 17.6. The van der Waals surface area contributed by atoms with Gasteiger partial charge in [-0.3, -0.25) is 14.7 Å². The second kappa shape index (κ2) is 6.81. The minimum atomic E-state index is -0.395. The molecule has 1 aromatic heterocycles. The predicted octanol–water partition coefficient (Wildman–Crippen LogP) is 3.74. The second-order valence-electron chi connectivity index (χ2n) is 7.38. The Hall–Kier alpha value is -3.54. The third-order valence-corrected chi connectivity index (χ3v) is 5.70. The second-order valence-corrected chi connectivity index (χ2v) is 7.38. The van der Waals surface area contributed by atoms with Gasteiger partial charge in [-0.15, -0.1) is 0 Å². The third kappa shape index (κ3) is 2.79. The van der Waals surface area contributed by atoms with E-state index in [0.29, 0.717) is 23.4 Å². The van der Waals surface area contributed by atoms with Crippen molar-refractivity contribution in [3.05, 3.63) is 87.3 Å². The molecule has 6 heteroatoms. The first-order valence-corrected chi connectivity index (χ1v) is 9.75. The molecular formula is C23H21N3O3. The number of aromatic amines is 1. The van der Waals surface area contributed by atoms with Crippen molar-refractivity contribution in [2.45, 2.75) is 25.2 Å². The summed E-state index contributed by atoms with van der Waals surface area (Å²) in [6, 6.07) is 17.1. The highest BCUT2D eigenvalue weighted by Gasteiger charge is 2.38. The van der Waals surface area contributed by atoms with E-state index in [4.69, 9.17) is 4.74 Å². The molecule has 0 amide bonds. The summed E-state index contributed by atoms with van der Waals surface area (Å²) in [4.78, 5) is 26.3. The number of carbonyl (C=O) groups excluding carboxylic acids is 1. The van der Waals surface area contributed by atoms with Crippen LogP contribution in [0.4, 0.5) is 5.82 Å². The van der Waals surface area contributed by atoms with E-state index >= 15 is 0 Å². The maximum absolute atomic E-state index is 13.4. The van der Waals surface area contributed by atoms with Crippen molar-refractivity contribution in [3.63, 3.8) is 0 Å². The van der Waals surface area contributed by atoms with Crippen LogP contribution in [0.2, 0.25) is 0 Å². The fourth-order valence-corrected chi connectivity index (χ4v) is 4.33. The standard InChI is InChI=1S/C23H21N3O3/c1-29-16-12-10-14(11-13-16)19-20-17(8-5-9-18(20)27)24-22-21(19)23(28)26(25-22)15-6-3-2-4-7-15/h2-4,6-7,10-13,19,24-25H,5,8-9H2,1H3/t19-/m1/s1. The number of fused-ring (bicyclic) bond motifs is 1. The molecule has 2 N–H and O–H groups in total. The monoisotopic (exact) mass is 387 g/mol. The van der Waals surface area contributed by atoms with Crippen LogP contribution in [0, 0.1) is 0 Å². The van der Waals surface area contributed by atoms with Crippen molar-refractivity contribution in [1.82, 2.24) is 9.78 Å². The number of anilines is 1. The molecule has 29 heavy (non-hydrogen) atoms. The van der Waals surface area contributed by atoms with Gasteiger partial charge in [-0.25, -0.2) is 4.68 Å². The van der Waals surface area contributed by atoms with E-state index in [1.54, 1.807) is 7.11 Å². The van der Waals surface area contributed by atoms with Crippen molar-refractivity contribution in [2.24, 2.45) is 0 Å². The number of H-pyrrole nitrogens is 1. The summed E-state index contributed by atoms with van der Waals surface area (Å²) in [6.07, 6.45) is 2.13. The molecule has 146 valence electrons. The lowest BCUT2D eigenvalue weighted by Gasteiger charge is -2.31. The number of carbonyl (C=O) groups is 1. The first-order chi connectivity index (χ1) is 14.2. The summed E-state index contributed by atoms with van der Waals surface area (Å²) < 4.78 is 6.81. The number of ketones is 1. The van der Waals surface area contributed by atoms with Crippen molar-refractivity contribution >= 4 is 11.6 Å². The zero-order valence-corrected chi connectivity index (χ0v) is 16.1. The molecule has 0 radical (unpaired) electrons. The maximum Gasteiger partial charge on any atom is 0.277 e. The van der Waals surface area contributed by atoms with Crippen molar-refractivity contribution < 1.29 is 9.53 Å². The van der Waals surface area contributed by atoms with E-state index in [1.807, 2.05) is 54.6 Å². The van der Waals surface area contributed by atoms with Gasteiger partial charge in [0.2, 0.25) is 0 Å². The normalized spacial score (nSPS) is 18.1. The molecule has 1 aliphatic heterocycles. The average molecular weight is 387 g/mol. The van der Waals surface area contributed by atoms with Crippen molar-refractivity contribution in [2.75, 3.05) is 12.4 Å². The molecule has 2 aromatic carbocycles. The van der Waals surface area contributed by atoms with Gasteiger partial charge in [0.05, 0.1) is 18.4 Å². The Bertz CT molecular complexity index is 1170. The number of aromatic nitrogens is 2. The quantitative estimate of drug-likeness (QED) is 0.718. The number of ether oxygens (including phenoxy) is 1. The number of Topliss-reactive ketones (excluding diaryl/α,β-unsaturated/α-hetero) is 1. The van der Waals surface area contributed by atoms with Gasteiger partial charge in [0.15, 0.2) is 5.78 Å². The van der Waals surface area contributed by atoms with Gasteiger partial charge >= 0.3 is 0 Å². The lowest BCUT2D eigenvalue weighted by molar-refractivity contribution is -0.116. The minimum Gasteiger partial charge on any atom is -0.497 e. The zero-order valence-electron chi connectivity index (χ0n) is 16.1. The molecule has 0 spiro atoms. The van der Waals surface area contributed by atoms with E-state index < -0.39 is 5.92 Å². The van der Waals surface area contributed by atoms with Crippen LogP contribution in [-0.4, -0.2) is 22.7 Å². The van der Waals surface area contributed by atoms with Crippen LogP contribution in [0.3, 0.4) is 0 Å². The molecule has 0 saturated carbocycles. The van der Waals surface area contributed by atoms with Gasteiger partial charge in [0, 0.05) is 23.6 Å². The van der Waals surface area contributed by atoms with E-state index in [9.17, 15) is 9.59 Å². The molecular weight excluding hydrogens is 366 g/mol. The van der Waals surface area contributed by atoms with Crippen LogP contribution in [0.25, 0.3) is 5.69 Å². The van der Waals surface area contributed by atoms with Gasteiger partial charge in [-0.1, -0.05) is 30.3 Å². The van der Waals surface area contributed by atoms with Crippen LogP contribution in [0.15, 0.2) is 70.7 Å². The van der Waals surface area contributed by atoms with Crippen LogP contribution in [0.5, 0.6) is 5.75 Å². The SMILES string of the molecule is COc1ccc([C@@H]2C3=C(CCCC3=O)Nc3[nH]n(-c4ccccc4)c(=O)c32)cc1. The molecule has 5 rings (SSSR count). The number of para-hydroxylation sites is 1. The van der Waals surface area contributed by atoms with Gasteiger partial charge < -0.3 is 10.1 Å². The largest absolute Gasteiger partial charge is 0.497 e. The number of allylic oxidation sites excluding steroid dienone is 2. The lowest BCUT2D eigenvalue weighted by Crippen LogP contribution is -2.29. The number of nitrogens with one attached hydrogen (secondary N) is 2. The molecule has 6 nitrogen and oxygen atoms in total. The predicted molar refractivity (Wildman–Crippen MR) is 111 cm³/mol. The maximum atomic E-state index is 13.4. The third-order valence-electron chi connectivity index (χ3n) is 5.70.